The van der Waals surface area contributed by atoms with E-state index in [1.807, 2.05) is 0 Å². The minimum Gasteiger partial charge on any atom is -0.362 e. The first kappa shape index (κ1) is 15.3. The van der Waals surface area contributed by atoms with Gasteiger partial charge in [0.1, 0.15) is 0 Å². The lowest BCUT2D eigenvalue weighted by atomic mass is 10.2. The summed E-state index contributed by atoms with van der Waals surface area (Å²) >= 11 is 9.65. The molecule has 6 nitrogen and oxygen atoms in total. The van der Waals surface area contributed by atoms with Gasteiger partial charge in [0.2, 0.25) is 0 Å². The molecule has 0 heterocycles. The molecule has 8 heteroatoms. The average Bonchev–Trinajstić information content (AvgIpc) is 2.31. The molecule has 0 fully saturated rings. The summed E-state index contributed by atoms with van der Waals surface area (Å²) in [6.07, 6.45) is 4.43. The monoisotopic (exact) mass is 264 g/mol. The van der Waals surface area contributed by atoms with Gasteiger partial charge in [-0.15, -0.1) is 0 Å². The van der Waals surface area contributed by atoms with E-state index in [4.69, 9.17) is 36.1 Å². The van der Waals surface area contributed by atoms with Gasteiger partial charge < -0.3 is 21.5 Å². The van der Waals surface area contributed by atoms with Gasteiger partial charge in [-0.25, -0.2) is 11.7 Å². The predicted octanol–water partition coefficient (Wildman–Crippen LogP) is -0.778. The molecule has 8 N–H and O–H groups in total. The summed E-state index contributed by atoms with van der Waals surface area (Å²) in [6.45, 7) is 1.69. The van der Waals surface area contributed by atoms with Crippen LogP contribution in [0, 0.1) is 0 Å². The van der Waals surface area contributed by atoms with Crippen LogP contribution >= 0.6 is 24.4 Å². The van der Waals surface area contributed by atoms with Crippen LogP contribution in [0.1, 0.15) is 25.7 Å². The summed E-state index contributed by atoms with van der Waals surface area (Å²) in [7, 11) is 0. The molecule has 16 heavy (non-hydrogen) atoms. The van der Waals surface area contributed by atoms with E-state index in [0.717, 1.165) is 38.8 Å². The molecular formula is C8H20N6S2. The van der Waals surface area contributed by atoms with Crippen molar-refractivity contribution in [3.63, 3.8) is 0 Å². The topological polar surface area (TPSA) is 100 Å². The average molecular weight is 264 g/mol. The predicted molar refractivity (Wildman–Crippen MR) is 74.3 cm³/mol. The number of hydrogen-bond acceptors (Lipinski definition) is 4. The number of rotatable bonds is 7. The molecule has 0 saturated carbocycles. The van der Waals surface area contributed by atoms with Crippen molar-refractivity contribution in [3.05, 3.63) is 0 Å². The van der Waals surface area contributed by atoms with Crippen LogP contribution in [0.5, 0.6) is 0 Å². The number of nitrogens with two attached hydrogens (primary N) is 2. The lowest BCUT2D eigenvalue weighted by Gasteiger charge is -2.07. The first-order chi connectivity index (χ1) is 7.70. The van der Waals surface area contributed by atoms with Crippen molar-refractivity contribution in [2.75, 3.05) is 13.1 Å². The quantitative estimate of drug-likeness (QED) is 0.154. The normalized spacial score (nSPS) is 9.38. The van der Waals surface area contributed by atoms with Crippen molar-refractivity contribution < 1.29 is 0 Å². The summed E-state index contributed by atoms with van der Waals surface area (Å²) < 4.78 is 0. The number of thiocarbonyl (C=S) groups is 2. The Morgan fingerprint density at radius 1 is 0.750 bits per heavy atom. The van der Waals surface area contributed by atoms with Crippen LogP contribution in [0.2, 0.25) is 0 Å². The van der Waals surface area contributed by atoms with E-state index in [1.165, 1.54) is 0 Å². The summed E-state index contributed by atoms with van der Waals surface area (Å²) in [5.74, 6) is 10.2. The molecule has 0 rings (SSSR count). The van der Waals surface area contributed by atoms with Gasteiger partial charge in [0.25, 0.3) is 0 Å². The molecule has 0 aromatic heterocycles. The molecule has 0 aromatic rings. The van der Waals surface area contributed by atoms with Gasteiger partial charge >= 0.3 is 0 Å². The number of hydrogen-bond donors (Lipinski definition) is 6. The Labute approximate surface area is 107 Å². The third-order valence-corrected chi connectivity index (χ3v) is 2.46. The van der Waals surface area contributed by atoms with Crippen LogP contribution in [0.25, 0.3) is 0 Å². The highest BCUT2D eigenvalue weighted by molar-refractivity contribution is 7.80. The molecule has 0 aliphatic rings. The fourth-order valence-electron chi connectivity index (χ4n) is 1.11. The number of unbranched alkanes of at least 4 members (excludes halogenated alkanes) is 3. The van der Waals surface area contributed by atoms with E-state index in [-0.39, 0.29) is 0 Å². The van der Waals surface area contributed by atoms with E-state index in [9.17, 15) is 0 Å². The van der Waals surface area contributed by atoms with Crippen LogP contribution in [-0.2, 0) is 0 Å². The van der Waals surface area contributed by atoms with Gasteiger partial charge in [-0.05, 0) is 37.3 Å². The molecule has 0 bridgehead atoms. The minimum absolute atomic E-state index is 0.487. The van der Waals surface area contributed by atoms with Gasteiger partial charge in [0.05, 0.1) is 0 Å². The highest BCUT2D eigenvalue weighted by atomic mass is 32.1. The van der Waals surface area contributed by atoms with Crippen molar-refractivity contribution in [2.24, 2.45) is 11.7 Å². The Hall–Kier alpha value is -0.700. The Kier molecular flexibility index (Phi) is 10.3. The summed E-state index contributed by atoms with van der Waals surface area (Å²) in [5, 5.41) is 6.94. The molecule has 0 spiro atoms. The van der Waals surface area contributed by atoms with Gasteiger partial charge in [0, 0.05) is 13.1 Å². The zero-order valence-corrected chi connectivity index (χ0v) is 10.8. The first-order valence-corrected chi connectivity index (χ1v) is 6.01. The summed E-state index contributed by atoms with van der Waals surface area (Å²) in [5.41, 5.74) is 4.74. The Balaban J connectivity index is 3.10. The second kappa shape index (κ2) is 10.8. The summed E-state index contributed by atoms with van der Waals surface area (Å²) in [6, 6.07) is 0. The number of nitrogens with one attached hydrogen (secondary N) is 4. The maximum atomic E-state index is 5.10. The molecular weight excluding hydrogens is 244 g/mol. The van der Waals surface area contributed by atoms with Crippen LogP contribution in [0.4, 0.5) is 0 Å². The fraction of sp³-hybridized carbons (Fsp3) is 0.750. The molecule has 0 saturated heterocycles. The van der Waals surface area contributed by atoms with Crippen molar-refractivity contribution in [2.45, 2.75) is 25.7 Å². The fourth-order valence-corrected chi connectivity index (χ4v) is 1.31. The molecule has 94 valence electrons. The van der Waals surface area contributed by atoms with Crippen LogP contribution in [0.15, 0.2) is 0 Å². The highest BCUT2D eigenvalue weighted by Gasteiger charge is 1.93. The molecule has 0 atom stereocenters. The second-order valence-electron chi connectivity index (χ2n) is 3.21. The van der Waals surface area contributed by atoms with Gasteiger partial charge in [-0.1, -0.05) is 12.8 Å². The maximum Gasteiger partial charge on any atom is 0.180 e. The van der Waals surface area contributed by atoms with E-state index >= 15 is 0 Å². The molecule has 0 aromatic carbocycles. The van der Waals surface area contributed by atoms with Gasteiger partial charge in [0.15, 0.2) is 10.2 Å². The Bertz CT molecular complexity index is 189. The van der Waals surface area contributed by atoms with E-state index < -0.39 is 0 Å². The third kappa shape index (κ3) is 9.84. The molecule has 0 amide bonds. The first-order valence-electron chi connectivity index (χ1n) is 5.19. The van der Waals surface area contributed by atoms with E-state index in [0.29, 0.717) is 10.2 Å². The van der Waals surface area contributed by atoms with Crippen LogP contribution in [0.3, 0.4) is 0 Å². The van der Waals surface area contributed by atoms with Crippen molar-refractivity contribution in [1.82, 2.24) is 21.5 Å². The number of hydrazine groups is 2. The largest absolute Gasteiger partial charge is 0.362 e. The van der Waals surface area contributed by atoms with E-state index in [1.54, 1.807) is 0 Å². The SMILES string of the molecule is NNC(=S)NCCCCCCNC(=S)NN. The lowest BCUT2D eigenvalue weighted by Crippen LogP contribution is -2.40. The third-order valence-electron chi connectivity index (χ3n) is 1.94. The Morgan fingerprint density at radius 3 is 1.44 bits per heavy atom. The van der Waals surface area contributed by atoms with Crippen LogP contribution < -0.4 is 33.2 Å². The zero-order valence-electron chi connectivity index (χ0n) is 9.21. The molecule has 0 aliphatic heterocycles. The van der Waals surface area contributed by atoms with Crippen molar-refractivity contribution in [1.29, 1.82) is 0 Å². The smallest absolute Gasteiger partial charge is 0.180 e. The molecule has 0 radical (unpaired) electrons. The zero-order chi connectivity index (χ0) is 12.2. The molecule has 0 unspecified atom stereocenters. The van der Waals surface area contributed by atoms with Crippen molar-refractivity contribution >= 4 is 34.7 Å². The second-order valence-corrected chi connectivity index (χ2v) is 4.03. The van der Waals surface area contributed by atoms with Gasteiger partial charge in [-0.3, -0.25) is 0 Å². The lowest BCUT2D eigenvalue weighted by molar-refractivity contribution is 0.621. The van der Waals surface area contributed by atoms with E-state index in [2.05, 4.69) is 21.5 Å². The Morgan fingerprint density at radius 2 is 1.12 bits per heavy atom. The standard InChI is InChI=1S/C8H20N6S2/c9-13-7(15)11-5-3-1-2-4-6-12-8(16)14-10/h1-6,9-10H2,(H2,11,13,15)(H2,12,14,16). The molecule has 0 aliphatic carbocycles. The minimum atomic E-state index is 0.487. The van der Waals surface area contributed by atoms with Crippen LogP contribution in [-0.4, -0.2) is 23.3 Å². The highest BCUT2D eigenvalue weighted by Crippen LogP contribution is 1.97. The summed E-state index contributed by atoms with van der Waals surface area (Å²) in [4.78, 5) is 0. The van der Waals surface area contributed by atoms with Gasteiger partial charge in [-0.2, -0.15) is 0 Å². The van der Waals surface area contributed by atoms with Crippen molar-refractivity contribution in [3.8, 4) is 0 Å². The maximum absolute atomic E-state index is 5.10.